The van der Waals surface area contributed by atoms with E-state index >= 15 is 0 Å². The van der Waals surface area contributed by atoms with E-state index < -0.39 is 0 Å². The summed E-state index contributed by atoms with van der Waals surface area (Å²) in [5.41, 5.74) is 0.599. The van der Waals surface area contributed by atoms with Gasteiger partial charge in [-0.3, -0.25) is 14.2 Å². The number of hydrogen-bond acceptors (Lipinski definition) is 5. The molecule has 3 aromatic rings. The molecule has 158 valence electrons. The Labute approximate surface area is 179 Å². The van der Waals surface area contributed by atoms with Crippen LogP contribution in [0.15, 0.2) is 46.5 Å². The lowest BCUT2D eigenvalue weighted by molar-refractivity contribution is -0.113. The topological polar surface area (TPSA) is 81.8 Å². The van der Waals surface area contributed by atoms with Crippen LogP contribution in [0.1, 0.15) is 58.0 Å². The number of nitrogens with one attached hydrogen (secondary N) is 1. The summed E-state index contributed by atoms with van der Waals surface area (Å²) >= 11 is 1.30. The van der Waals surface area contributed by atoms with Crippen LogP contribution in [0.2, 0.25) is 0 Å². The van der Waals surface area contributed by atoms with Crippen molar-refractivity contribution in [3.63, 3.8) is 0 Å². The number of thioether (sulfide) groups is 1. The third-order valence-electron chi connectivity index (χ3n) is 5.75. The second-order valence-electron chi connectivity index (χ2n) is 7.78. The second-order valence-corrected chi connectivity index (χ2v) is 8.72. The van der Waals surface area contributed by atoms with E-state index in [1.165, 1.54) is 24.6 Å². The molecule has 1 fully saturated rings. The van der Waals surface area contributed by atoms with Gasteiger partial charge in [0, 0.05) is 12.1 Å². The van der Waals surface area contributed by atoms with Gasteiger partial charge in [-0.25, -0.2) is 9.67 Å². The van der Waals surface area contributed by atoms with Crippen LogP contribution < -0.4 is 10.9 Å². The average molecular weight is 426 g/mol. The lowest BCUT2D eigenvalue weighted by Gasteiger charge is -2.18. The van der Waals surface area contributed by atoms with Gasteiger partial charge in [-0.2, -0.15) is 5.10 Å². The summed E-state index contributed by atoms with van der Waals surface area (Å²) in [5.74, 6) is 0.785. The number of amides is 1. The van der Waals surface area contributed by atoms with Gasteiger partial charge in [0.05, 0.1) is 28.9 Å². The molecule has 1 aliphatic carbocycles. The number of para-hydroxylation sites is 1. The van der Waals surface area contributed by atoms with Gasteiger partial charge < -0.3 is 5.32 Å². The molecule has 4 rings (SSSR count). The summed E-state index contributed by atoms with van der Waals surface area (Å²) in [6.45, 7) is 4.04. The van der Waals surface area contributed by atoms with Crippen LogP contribution >= 0.6 is 11.8 Å². The quantitative estimate of drug-likeness (QED) is 0.448. The molecular formula is C22H27N5O2S. The van der Waals surface area contributed by atoms with Crippen LogP contribution in [-0.4, -0.2) is 31.0 Å². The first-order chi connectivity index (χ1) is 14.6. The SMILES string of the molecule is CC[C@@H](C)n1c(SCC(=O)Nc2ccnn2C2CCCC2)nc2ccccc2c1=O. The number of benzene rings is 1. The summed E-state index contributed by atoms with van der Waals surface area (Å²) in [7, 11) is 0. The minimum absolute atomic E-state index is 0.00367. The number of anilines is 1. The Kier molecular flexibility index (Phi) is 6.22. The molecule has 1 aromatic carbocycles. The van der Waals surface area contributed by atoms with Gasteiger partial charge in [0.2, 0.25) is 5.91 Å². The van der Waals surface area contributed by atoms with Gasteiger partial charge in [-0.1, -0.05) is 43.7 Å². The van der Waals surface area contributed by atoms with Crippen molar-refractivity contribution in [1.29, 1.82) is 0 Å². The van der Waals surface area contributed by atoms with Gasteiger partial charge in [0.25, 0.3) is 5.56 Å². The molecule has 1 aliphatic rings. The van der Waals surface area contributed by atoms with Crippen molar-refractivity contribution in [2.24, 2.45) is 0 Å². The van der Waals surface area contributed by atoms with Gasteiger partial charge in [-0.15, -0.1) is 0 Å². The molecule has 0 radical (unpaired) electrons. The summed E-state index contributed by atoms with van der Waals surface area (Å²) < 4.78 is 3.64. The van der Waals surface area contributed by atoms with Gasteiger partial charge in [0.15, 0.2) is 5.16 Å². The molecule has 2 heterocycles. The highest BCUT2D eigenvalue weighted by molar-refractivity contribution is 7.99. The second kappa shape index (κ2) is 9.04. The molecule has 1 atom stereocenters. The summed E-state index contributed by atoms with van der Waals surface area (Å²) in [6.07, 6.45) is 7.14. The molecule has 2 aromatic heterocycles. The fourth-order valence-corrected chi connectivity index (χ4v) is 4.86. The van der Waals surface area contributed by atoms with E-state index in [9.17, 15) is 9.59 Å². The van der Waals surface area contributed by atoms with Crippen molar-refractivity contribution < 1.29 is 4.79 Å². The van der Waals surface area contributed by atoms with Crippen molar-refractivity contribution >= 4 is 34.4 Å². The molecule has 1 saturated carbocycles. The highest BCUT2D eigenvalue weighted by Crippen LogP contribution is 2.31. The molecular weight excluding hydrogens is 398 g/mol. The van der Waals surface area contributed by atoms with Gasteiger partial charge in [-0.05, 0) is 38.3 Å². The van der Waals surface area contributed by atoms with Crippen LogP contribution in [0.25, 0.3) is 10.9 Å². The molecule has 0 saturated heterocycles. The van der Waals surface area contributed by atoms with Crippen molar-refractivity contribution in [1.82, 2.24) is 19.3 Å². The molecule has 1 N–H and O–H groups in total. The molecule has 8 heteroatoms. The molecule has 1 amide bonds. The van der Waals surface area contributed by atoms with Crippen LogP contribution in [0.4, 0.5) is 5.82 Å². The van der Waals surface area contributed by atoms with E-state index in [0.29, 0.717) is 22.1 Å². The molecule has 0 bridgehead atoms. The maximum atomic E-state index is 13.0. The zero-order chi connectivity index (χ0) is 21.1. The van der Waals surface area contributed by atoms with Crippen LogP contribution in [-0.2, 0) is 4.79 Å². The highest BCUT2D eigenvalue weighted by Gasteiger charge is 2.21. The minimum atomic E-state index is -0.127. The number of rotatable bonds is 7. The van der Waals surface area contributed by atoms with Crippen molar-refractivity contribution in [2.45, 2.75) is 63.2 Å². The van der Waals surface area contributed by atoms with E-state index in [1.807, 2.05) is 42.8 Å². The van der Waals surface area contributed by atoms with E-state index in [4.69, 9.17) is 0 Å². The van der Waals surface area contributed by atoms with Crippen molar-refractivity contribution in [2.75, 3.05) is 11.1 Å². The summed E-state index contributed by atoms with van der Waals surface area (Å²) in [5, 5.41) is 8.56. The first-order valence-corrected chi connectivity index (χ1v) is 11.5. The zero-order valence-electron chi connectivity index (χ0n) is 17.4. The number of hydrogen-bond donors (Lipinski definition) is 1. The standard InChI is InChI=1S/C22H27N5O2S/c1-3-15(2)26-21(29)17-10-6-7-11-18(17)24-22(26)30-14-20(28)25-19-12-13-23-27(19)16-8-4-5-9-16/h6-7,10-13,15-16H,3-5,8-9,14H2,1-2H3,(H,25,28)/t15-/m1/s1. The van der Waals surface area contributed by atoms with Gasteiger partial charge in [0.1, 0.15) is 5.82 Å². The lowest BCUT2D eigenvalue weighted by atomic mass is 10.2. The first-order valence-electron chi connectivity index (χ1n) is 10.6. The molecule has 0 spiro atoms. The predicted molar refractivity (Wildman–Crippen MR) is 120 cm³/mol. The number of carbonyl (C=O) groups excluding carboxylic acids is 1. The Hall–Kier alpha value is -2.61. The highest BCUT2D eigenvalue weighted by atomic mass is 32.2. The number of aromatic nitrogens is 4. The first kappa shape index (κ1) is 20.7. The Bertz CT molecular complexity index is 1100. The zero-order valence-corrected chi connectivity index (χ0v) is 18.2. The van der Waals surface area contributed by atoms with E-state index in [1.54, 1.807) is 16.8 Å². The van der Waals surface area contributed by atoms with E-state index in [-0.39, 0.29) is 23.3 Å². The number of fused-ring (bicyclic) bond motifs is 1. The third-order valence-corrected chi connectivity index (χ3v) is 6.70. The van der Waals surface area contributed by atoms with Crippen LogP contribution in [0.5, 0.6) is 0 Å². The Morgan fingerprint density at radius 1 is 1.27 bits per heavy atom. The maximum absolute atomic E-state index is 13.0. The van der Waals surface area contributed by atoms with E-state index in [0.717, 1.165) is 25.1 Å². The normalized spacial score (nSPS) is 15.5. The summed E-state index contributed by atoms with van der Waals surface area (Å²) in [4.78, 5) is 30.4. The summed E-state index contributed by atoms with van der Waals surface area (Å²) in [6, 6.07) is 9.55. The Balaban J connectivity index is 1.53. The lowest BCUT2D eigenvalue weighted by Crippen LogP contribution is -2.27. The largest absolute Gasteiger partial charge is 0.310 e. The molecule has 30 heavy (non-hydrogen) atoms. The number of carbonyl (C=O) groups is 1. The van der Waals surface area contributed by atoms with Crippen LogP contribution in [0.3, 0.4) is 0 Å². The van der Waals surface area contributed by atoms with Crippen molar-refractivity contribution in [3.05, 3.63) is 46.9 Å². The monoisotopic (exact) mass is 425 g/mol. The Morgan fingerprint density at radius 3 is 2.80 bits per heavy atom. The third kappa shape index (κ3) is 4.14. The predicted octanol–water partition coefficient (Wildman–Crippen LogP) is 4.41. The van der Waals surface area contributed by atoms with Crippen molar-refractivity contribution in [3.8, 4) is 0 Å². The number of nitrogens with zero attached hydrogens (tertiary/aromatic N) is 4. The van der Waals surface area contributed by atoms with E-state index in [2.05, 4.69) is 15.4 Å². The average Bonchev–Trinajstić information content (AvgIpc) is 3.43. The van der Waals surface area contributed by atoms with Gasteiger partial charge >= 0.3 is 0 Å². The fourth-order valence-electron chi connectivity index (χ4n) is 3.96. The minimum Gasteiger partial charge on any atom is -0.310 e. The molecule has 0 aliphatic heterocycles. The Morgan fingerprint density at radius 2 is 2.03 bits per heavy atom. The molecule has 7 nitrogen and oxygen atoms in total. The molecule has 0 unspecified atom stereocenters. The maximum Gasteiger partial charge on any atom is 0.262 e. The smallest absolute Gasteiger partial charge is 0.262 e. The fraction of sp³-hybridized carbons (Fsp3) is 0.455. The van der Waals surface area contributed by atoms with Crippen LogP contribution in [0, 0.1) is 0 Å².